The molecule has 1 heterocycles. The number of rotatable bonds is 4. The van der Waals surface area contributed by atoms with Gasteiger partial charge in [-0.3, -0.25) is 4.79 Å². The Balaban J connectivity index is 2.32. The van der Waals surface area contributed by atoms with Crippen LogP contribution in [0.25, 0.3) is 12.2 Å². The molecule has 0 radical (unpaired) electrons. The van der Waals surface area contributed by atoms with Crippen molar-refractivity contribution < 1.29 is 0 Å². The third-order valence-corrected chi connectivity index (χ3v) is 2.84. The van der Waals surface area contributed by atoms with E-state index in [1.807, 2.05) is 42.5 Å². The Morgan fingerprint density at radius 3 is 2.61 bits per heavy atom. The van der Waals surface area contributed by atoms with Crippen LogP contribution in [0.4, 0.5) is 0 Å². The molecule has 0 aliphatic rings. The topological polar surface area (TPSA) is 32.9 Å². The zero-order valence-electron chi connectivity index (χ0n) is 10.5. The van der Waals surface area contributed by atoms with Gasteiger partial charge in [-0.2, -0.15) is 0 Å². The van der Waals surface area contributed by atoms with Gasteiger partial charge >= 0.3 is 0 Å². The molecule has 0 fully saturated rings. The predicted octanol–water partition coefficient (Wildman–Crippen LogP) is 3.50. The van der Waals surface area contributed by atoms with Crippen molar-refractivity contribution in [3.05, 3.63) is 69.6 Å². The minimum atomic E-state index is 0.114. The highest BCUT2D eigenvalue weighted by Crippen LogP contribution is 2.09. The van der Waals surface area contributed by atoms with Gasteiger partial charge in [-0.1, -0.05) is 49.8 Å². The molecule has 2 aromatic rings. The largest absolute Gasteiger partial charge is 0.361 e. The maximum absolute atomic E-state index is 11.8. The molecule has 0 bridgehead atoms. The SMILES string of the molecule is CCCc1c(C=Cc2ccccc2)[nH]ccc1=O. The van der Waals surface area contributed by atoms with Crippen LogP contribution in [0.15, 0.2) is 47.4 Å². The number of H-pyrrole nitrogens is 1. The molecule has 18 heavy (non-hydrogen) atoms. The fourth-order valence-electron chi connectivity index (χ4n) is 1.93. The molecule has 2 rings (SSSR count). The van der Waals surface area contributed by atoms with E-state index in [2.05, 4.69) is 11.9 Å². The van der Waals surface area contributed by atoms with Crippen molar-refractivity contribution >= 4 is 12.2 Å². The van der Waals surface area contributed by atoms with Crippen molar-refractivity contribution in [2.45, 2.75) is 19.8 Å². The molecule has 1 aromatic carbocycles. The van der Waals surface area contributed by atoms with E-state index in [0.717, 1.165) is 29.7 Å². The standard InChI is InChI=1S/C16H17NO/c1-2-6-14-15(17-12-11-16(14)18)10-9-13-7-4-3-5-8-13/h3-5,7-12H,2,6H2,1H3,(H,17,18). The number of benzene rings is 1. The first-order valence-electron chi connectivity index (χ1n) is 6.25. The Labute approximate surface area is 107 Å². The van der Waals surface area contributed by atoms with Gasteiger partial charge < -0.3 is 4.98 Å². The lowest BCUT2D eigenvalue weighted by molar-refractivity contribution is 0.901. The number of hydrogen-bond acceptors (Lipinski definition) is 1. The molecule has 1 N–H and O–H groups in total. The van der Waals surface area contributed by atoms with E-state index in [1.54, 1.807) is 12.3 Å². The summed E-state index contributed by atoms with van der Waals surface area (Å²) in [5, 5.41) is 0. The van der Waals surface area contributed by atoms with Crippen LogP contribution in [-0.2, 0) is 6.42 Å². The van der Waals surface area contributed by atoms with Crippen molar-refractivity contribution in [2.24, 2.45) is 0 Å². The molecular formula is C16H17NO. The summed E-state index contributed by atoms with van der Waals surface area (Å²) in [4.78, 5) is 14.9. The maximum atomic E-state index is 11.8. The highest BCUT2D eigenvalue weighted by Gasteiger charge is 2.02. The minimum Gasteiger partial charge on any atom is -0.361 e. The molecule has 0 saturated carbocycles. The van der Waals surface area contributed by atoms with Gasteiger partial charge in [0.2, 0.25) is 0 Å². The van der Waals surface area contributed by atoms with Crippen LogP contribution in [0.2, 0.25) is 0 Å². The van der Waals surface area contributed by atoms with Gasteiger partial charge in [-0.25, -0.2) is 0 Å². The van der Waals surface area contributed by atoms with Crippen LogP contribution in [0.3, 0.4) is 0 Å². The highest BCUT2D eigenvalue weighted by atomic mass is 16.1. The second-order valence-electron chi connectivity index (χ2n) is 4.23. The first-order valence-corrected chi connectivity index (χ1v) is 6.25. The van der Waals surface area contributed by atoms with Gasteiger partial charge in [0.05, 0.1) is 0 Å². The molecule has 0 aliphatic heterocycles. The lowest BCUT2D eigenvalue weighted by atomic mass is 10.1. The van der Waals surface area contributed by atoms with Crippen LogP contribution < -0.4 is 5.43 Å². The van der Waals surface area contributed by atoms with Crippen molar-refractivity contribution in [3.63, 3.8) is 0 Å². The van der Waals surface area contributed by atoms with E-state index >= 15 is 0 Å². The summed E-state index contributed by atoms with van der Waals surface area (Å²) in [5.74, 6) is 0. The molecule has 0 spiro atoms. The molecule has 0 saturated heterocycles. The van der Waals surface area contributed by atoms with Gasteiger partial charge in [-0.05, 0) is 18.1 Å². The van der Waals surface area contributed by atoms with Crippen LogP contribution >= 0.6 is 0 Å². The summed E-state index contributed by atoms with van der Waals surface area (Å²) in [6.45, 7) is 2.08. The van der Waals surface area contributed by atoms with E-state index < -0.39 is 0 Å². The van der Waals surface area contributed by atoms with Crippen LogP contribution in [-0.4, -0.2) is 4.98 Å². The molecule has 0 atom stereocenters. The van der Waals surface area contributed by atoms with Crippen LogP contribution in [0.1, 0.15) is 30.2 Å². The molecule has 92 valence electrons. The summed E-state index contributed by atoms with van der Waals surface area (Å²) in [7, 11) is 0. The smallest absolute Gasteiger partial charge is 0.185 e. The van der Waals surface area contributed by atoms with Gasteiger partial charge in [0.25, 0.3) is 0 Å². The van der Waals surface area contributed by atoms with E-state index in [0.29, 0.717) is 0 Å². The zero-order chi connectivity index (χ0) is 12.8. The normalized spacial score (nSPS) is 10.9. The number of aromatic nitrogens is 1. The minimum absolute atomic E-state index is 0.114. The molecular weight excluding hydrogens is 222 g/mol. The van der Waals surface area contributed by atoms with E-state index in [-0.39, 0.29) is 5.43 Å². The van der Waals surface area contributed by atoms with Crippen molar-refractivity contribution in [3.8, 4) is 0 Å². The Hall–Kier alpha value is -2.09. The second-order valence-corrected chi connectivity index (χ2v) is 4.23. The lowest BCUT2D eigenvalue weighted by Crippen LogP contribution is -2.10. The molecule has 0 aliphatic carbocycles. The van der Waals surface area contributed by atoms with E-state index in [9.17, 15) is 4.79 Å². The fourth-order valence-corrected chi connectivity index (χ4v) is 1.93. The monoisotopic (exact) mass is 239 g/mol. The fraction of sp³-hybridized carbons (Fsp3) is 0.188. The molecule has 1 aromatic heterocycles. The van der Waals surface area contributed by atoms with E-state index in [1.165, 1.54) is 0 Å². The Kier molecular flexibility index (Phi) is 4.13. The van der Waals surface area contributed by atoms with Crippen LogP contribution in [0.5, 0.6) is 0 Å². The third-order valence-electron chi connectivity index (χ3n) is 2.84. The predicted molar refractivity (Wildman–Crippen MR) is 76.4 cm³/mol. The second kappa shape index (κ2) is 6.01. The van der Waals surface area contributed by atoms with Crippen molar-refractivity contribution in [2.75, 3.05) is 0 Å². The van der Waals surface area contributed by atoms with E-state index in [4.69, 9.17) is 0 Å². The summed E-state index contributed by atoms with van der Waals surface area (Å²) >= 11 is 0. The zero-order valence-corrected chi connectivity index (χ0v) is 10.5. The van der Waals surface area contributed by atoms with Crippen molar-refractivity contribution in [1.82, 2.24) is 4.98 Å². The average Bonchev–Trinajstić information content (AvgIpc) is 2.41. The summed E-state index contributed by atoms with van der Waals surface area (Å²) in [6.07, 6.45) is 7.47. The van der Waals surface area contributed by atoms with Crippen LogP contribution in [0, 0.1) is 0 Å². The average molecular weight is 239 g/mol. The molecule has 2 nitrogen and oxygen atoms in total. The summed E-state index contributed by atoms with van der Waals surface area (Å²) in [6, 6.07) is 11.7. The van der Waals surface area contributed by atoms with Gasteiger partial charge in [0, 0.05) is 23.5 Å². The Morgan fingerprint density at radius 1 is 1.11 bits per heavy atom. The van der Waals surface area contributed by atoms with Gasteiger partial charge in [-0.15, -0.1) is 0 Å². The third kappa shape index (κ3) is 2.98. The van der Waals surface area contributed by atoms with Crippen molar-refractivity contribution in [1.29, 1.82) is 0 Å². The maximum Gasteiger partial charge on any atom is 0.185 e. The number of pyridine rings is 1. The first kappa shape index (κ1) is 12.4. The highest BCUT2D eigenvalue weighted by molar-refractivity contribution is 5.69. The number of aromatic amines is 1. The summed E-state index contributed by atoms with van der Waals surface area (Å²) < 4.78 is 0. The van der Waals surface area contributed by atoms with Gasteiger partial charge in [0.1, 0.15) is 0 Å². The number of hydrogen-bond donors (Lipinski definition) is 1. The molecule has 0 amide bonds. The quantitative estimate of drug-likeness (QED) is 0.870. The Bertz CT molecular complexity index is 582. The first-order chi connectivity index (χ1) is 8.81. The number of nitrogens with one attached hydrogen (secondary N) is 1. The Morgan fingerprint density at radius 2 is 1.89 bits per heavy atom. The van der Waals surface area contributed by atoms with Gasteiger partial charge in [0.15, 0.2) is 5.43 Å². The lowest BCUT2D eigenvalue weighted by Gasteiger charge is -2.03. The molecule has 2 heteroatoms. The molecule has 0 unspecified atom stereocenters. The summed E-state index contributed by atoms with van der Waals surface area (Å²) in [5.41, 5.74) is 3.02.